The average molecular weight is 421 g/mol. The van der Waals surface area contributed by atoms with E-state index >= 15 is 0 Å². The SMILES string of the molecule is CN=C(NCc1cc(C#N)ccc1F)NC1CCN(S(=O)(=O)C(F)(F)F)CC1. The van der Waals surface area contributed by atoms with Crippen molar-refractivity contribution in [3.8, 4) is 6.07 Å². The van der Waals surface area contributed by atoms with Crippen molar-refractivity contribution in [3.63, 3.8) is 0 Å². The second kappa shape index (κ2) is 8.74. The van der Waals surface area contributed by atoms with Crippen molar-refractivity contribution < 1.29 is 26.0 Å². The highest BCUT2D eigenvalue weighted by Gasteiger charge is 2.50. The van der Waals surface area contributed by atoms with Gasteiger partial charge in [-0.2, -0.15) is 22.7 Å². The van der Waals surface area contributed by atoms with E-state index in [1.54, 1.807) is 0 Å². The number of benzene rings is 1. The Morgan fingerprint density at radius 2 is 2.00 bits per heavy atom. The zero-order valence-corrected chi connectivity index (χ0v) is 15.7. The monoisotopic (exact) mass is 421 g/mol. The number of nitrogens with one attached hydrogen (secondary N) is 2. The standard InChI is InChI=1S/C16H19F4N5O2S/c1-22-15(23-10-12-8-11(9-21)2-3-14(12)17)24-13-4-6-25(7-5-13)28(26,27)16(18,19)20/h2-3,8,13H,4-7,10H2,1H3,(H2,22,23,24). The zero-order valence-electron chi connectivity index (χ0n) is 14.9. The number of aliphatic imine (C=N–C) groups is 1. The maximum absolute atomic E-state index is 13.8. The lowest BCUT2D eigenvalue weighted by Crippen LogP contribution is -2.51. The van der Waals surface area contributed by atoms with Crippen LogP contribution >= 0.6 is 0 Å². The summed E-state index contributed by atoms with van der Waals surface area (Å²) in [6.45, 7) is -0.493. The number of guanidine groups is 1. The minimum Gasteiger partial charge on any atom is -0.354 e. The number of sulfonamides is 1. The van der Waals surface area contributed by atoms with Gasteiger partial charge in [-0.3, -0.25) is 4.99 Å². The molecule has 0 amide bonds. The highest BCUT2D eigenvalue weighted by Crippen LogP contribution is 2.28. The van der Waals surface area contributed by atoms with Crippen LogP contribution in [0.5, 0.6) is 0 Å². The lowest BCUT2D eigenvalue weighted by molar-refractivity contribution is -0.0494. The number of alkyl halides is 3. The van der Waals surface area contributed by atoms with Crippen LogP contribution in [0, 0.1) is 17.1 Å². The summed E-state index contributed by atoms with van der Waals surface area (Å²) >= 11 is 0. The zero-order chi connectivity index (χ0) is 20.9. The van der Waals surface area contributed by atoms with Gasteiger partial charge in [0.05, 0.1) is 11.6 Å². The molecule has 1 aliphatic heterocycles. The summed E-state index contributed by atoms with van der Waals surface area (Å²) in [5, 5.41) is 14.7. The third kappa shape index (κ3) is 5.11. The van der Waals surface area contributed by atoms with E-state index in [2.05, 4.69) is 15.6 Å². The molecule has 0 aliphatic carbocycles. The van der Waals surface area contributed by atoms with Gasteiger partial charge in [-0.1, -0.05) is 0 Å². The number of nitrogens with zero attached hydrogens (tertiary/aromatic N) is 3. The summed E-state index contributed by atoms with van der Waals surface area (Å²) in [4.78, 5) is 3.97. The number of hydrogen-bond donors (Lipinski definition) is 2. The Hall–Kier alpha value is -2.39. The first kappa shape index (κ1) is 21.9. The van der Waals surface area contributed by atoms with Crippen LogP contribution in [0.2, 0.25) is 0 Å². The third-order valence-electron chi connectivity index (χ3n) is 4.27. The highest BCUT2D eigenvalue weighted by molar-refractivity contribution is 7.90. The van der Waals surface area contributed by atoms with Gasteiger partial charge in [-0.25, -0.2) is 12.8 Å². The molecule has 1 aromatic carbocycles. The van der Waals surface area contributed by atoms with Crippen LogP contribution in [0.4, 0.5) is 17.6 Å². The van der Waals surface area contributed by atoms with Crippen LogP contribution in [0.3, 0.4) is 0 Å². The van der Waals surface area contributed by atoms with E-state index in [0.717, 1.165) is 0 Å². The molecule has 1 aliphatic rings. The predicted octanol–water partition coefficient (Wildman–Crippen LogP) is 1.68. The van der Waals surface area contributed by atoms with Crippen molar-refractivity contribution in [1.29, 1.82) is 5.26 Å². The fraction of sp³-hybridized carbons (Fsp3) is 0.500. The lowest BCUT2D eigenvalue weighted by atomic mass is 10.1. The Bertz CT molecular complexity index is 872. The van der Waals surface area contributed by atoms with E-state index < -0.39 is 21.3 Å². The van der Waals surface area contributed by atoms with E-state index in [0.29, 0.717) is 15.8 Å². The Kier molecular flexibility index (Phi) is 6.84. The van der Waals surface area contributed by atoms with Gasteiger partial charge in [0.2, 0.25) is 0 Å². The second-order valence-corrected chi connectivity index (χ2v) is 8.04. The second-order valence-electron chi connectivity index (χ2n) is 6.11. The Balaban J connectivity index is 1.91. The van der Waals surface area contributed by atoms with Crippen molar-refractivity contribution in [3.05, 3.63) is 35.1 Å². The van der Waals surface area contributed by atoms with E-state index in [1.807, 2.05) is 6.07 Å². The summed E-state index contributed by atoms with van der Waals surface area (Å²) in [5.74, 6) is -0.202. The smallest absolute Gasteiger partial charge is 0.354 e. The van der Waals surface area contributed by atoms with Gasteiger partial charge in [0.1, 0.15) is 5.82 Å². The molecular weight excluding hydrogens is 402 g/mol. The fourth-order valence-electron chi connectivity index (χ4n) is 2.73. The van der Waals surface area contributed by atoms with Crippen molar-refractivity contribution in [2.75, 3.05) is 20.1 Å². The minimum atomic E-state index is -5.32. The Labute approximate surface area is 160 Å². The molecule has 0 saturated carbocycles. The number of nitriles is 1. The van der Waals surface area contributed by atoms with Gasteiger partial charge >= 0.3 is 15.5 Å². The molecule has 12 heteroatoms. The molecule has 154 valence electrons. The van der Waals surface area contributed by atoms with Crippen LogP contribution in [0.1, 0.15) is 24.0 Å². The Morgan fingerprint density at radius 3 is 2.54 bits per heavy atom. The number of hydrogen-bond acceptors (Lipinski definition) is 4. The Morgan fingerprint density at radius 1 is 1.36 bits per heavy atom. The summed E-state index contributed by atoms with van der Waals surface area (Å²) in [6.07, 6.45) is 0.322. The molecule has 0 radical (unpaired) electrons. The number of rotatable bonds is 4. The van der Waals surface area contributed by atoms with Crippen molar-refractivity contribution in [2.45, 2.75) is 30.9 Å². The van der Waals surface area contributed by atoms with E-state index in [4.69, 9.17) is 5.26 Å². The molecule has 1 saturated heterocycles. The molecule has 0 bridgehead atoms. The lowest BCUT2D eigenvalue weighted by Gasteiger charge is -2.32. The molecule has 1 fully saturated rings. The molecule has 0 aromatic heterocycles. The topological polar surface area (TPSA) is 97.6 Å². The van der Waals surface area contributed by atoms with E-state index in [9.17, 15) is 26.0 Å². The van der Waals surface area contributed by atoms with Gasteiger partial charge in [0.25, 0.3) is 0 Å². The van der Waals surface area contributed by atoms with Crippen molar-refractivity contribution in [1.82, 2.24) is 14.9 Å². The molecule has 0 atom stereocenters. The first-order valence-electron chi connectivity index (χ1n) is 8.30. The summed E-state index contributed by atoms with van der Waals surface area (Å²) in [7, 11) is -3.85. The molecule has 7 nitrogen and oxygen atoms in total. The first-order valence-corrected chi connectivity index (χ1v) is 9.74. The number of piperidine rings is 1. The fourth-order valence-corrected chi connectivity index (χ4v) is 3.72. The summed E-state index contributed by atoms with van der Waals surface area (Å²) in [5.41, 5.74) is -4.75. The van der Waals surface area contributed by atoms with Crippen LogP contribution in [-0.2, 0) is 16.6 Å². The molecule has 1 heterocycles. The van der Waals surface area contributed by atoms with Crippen LogP contribution < -0.4 is 10.6 Å². The van der Waals surface area contributed by atoms with Gasteiger partial charge in [0, 0.05) is 38.3 Å². The summed E-state index contributed by atoms with van der Waals surface area (Å²) in [6, 6.07) is 5.56. The van der Waals surface area contributed by atoms with Crippen LogP contribution in [0.15, 0.2) is 23.2 Å². The summed E-state index contributed by atoms with van der Waals surface area (Å²) < 4.78 is 74.9. The maximum atomic E-state index is 13.8. The van der Waals surface area contributed by atoms with Crippen molar-refractivity contribution >= 4 is 16.0 Å². The van der Waals surface area contributed by atoms with Crippen molar-refractivity contribution in [2.24, 2.45) is 4.99 Å². The predicted molar refractivity (Wildman–Crippen MR) is 94.0 cm³/mol. The third-order valence-corrected chi connectivity index (χ3v) is 5.90. The van der Waals surface area contributed by atoms with Crippen LogP contribution in [-0.4, -0.2) is 50.4 Å². The van der Waals surface area contributed by atoms with E-state index in [1.165, 1.54) is 25.2 Å². The van der Waals surface area contributed by atoms with E-state index in [-0.39, 0.29) is 44.1 Å². The molecular formula is C16H19F4N5O2S. The number of halogens is 4. The van der Waals surface area contributed by atoms with Gasteiger partial charge in [-0.05, 0) is 31.0 Å². The first-order chi connectivity index (χ1) is 13.1. The molecule has 0 unspecified atom stereocenters. The molecule has 0 spiro atoms. The highest BCUT2D eigenvalue weighted by atomic mass is 32.2. The van der Waals surface area contributed by atoms with Gasteiger partial charge < -0.3 is 10.6 Å². The van der Waals surface area contributed by atoms with Gasteiger partial charge in [-0.15, -0.1) is 0 Å². The quantitative estimate of drug-likeness (QED) is 0.438. The van der Waals surface area contributed by atoms with Crippen LogP contribution in [0.25, 0.3) is 0 Å². The average Bonchev–Trinajstić information content (AvgIpc) is 2.65. The largest absolute Gasteiger partial charge is 0.511 e. The normalized spacial score (nSPS) is 17.2. The molecule has 28 heavy (non-hydrogen) atoms. The molecule has 2 N–H and O–H groups in total. The molecule has 2 rings (SSSR count). The van der Waals surface area contributed by atoms with Gasteiger partial charge in [0.15, 0.2) is 5.96 Å². The maximum Gasteiger partial charge on any atom is 0.511 e. The molecule has 1 aromatic rings. The minimum absolute atomic E-state index is 0.0440.